The predicted molar refractivity (Wildman–Crippen MR) is 167 cm³/mol. The third-order valence-corrected chi connectivity index (χ3v) is 8.50. The molecule has 0 spiro atoms. The molecule has 1 aliphatic heterocycles. The second-order valence-corrected chi connectivity index (χ2v) is 12.1. The Kier molecular flexibility index (Phi) is 12.6. The maximum Gasteiger partial charge on any atom is 0.422 e. The molecule has 1 saturated heterocycles. The topological polar surface area (TPSA) is 109 Å². The van der Waals surface area contributed by atoms with Gasteiger partial charge in [0.2, 0.25) is 0 Å². The van der Waals surface area contributed by atoms with Crippen molar-refractivity contribution >= 4 is 38.5 Å². The molecule has 0 saturated carbocycles. The zero-order chi connectivity index (χ0) is 35.1. The molecule has 3 unspecified atom stereocenters. The molecule has 0 amide bonds. The Balaban J connectivity index is 1.57. The van der Waals surface area contributed by atoms with Gasteiger partial charge in [0.1, 0.15) is 17.7 Å². The van der Waals surface area contributed by atoms with Gasteiger partial charge in [0.05, 0.1) is 65.0 Å². The van der Waals surface area contributed by atoms with Crippen molar-refractivity contribution < 1.29 is 55.2 Å². The lowest BCUT2D eigenvalue weighted by atomic mass is 10.0. The maximum absolute atomic E-state index is 15.1. The zero-order valence-corrected chi connectivity index (χ0v) is 26.1. The van der Waals surface area contributed by atoms with E-state index in [0.29, 0.717) is 23.4 Å². The van der Waals surface area contributed by atoms with Gasteiger partial charge in [-0.15, -0.1) is 11.3 Å². The average molecular weight is 711 g/mol. The summed E-state index contributed by atoms with van der Waals surface area (Å²) in [6.07, 6.45) is -12.6. The van der Waals surface area contributed by atoms with Crippen LogP contribution in [0.15, 0.2) is 30.3 Å². The van der Waals surface area contributed by atoms with E-state index < -0.39 is 56.1 Å². The number of hydrogen-bond donors (Lipinski definition) is 6. The van der Waals surface area contributed by atoms with Crippen LogP contribution in [0.2, 0.25) is 0 Å². The summed E-state index contributed by atoms with van der Waals surface area (Å²) in [6.45, 7) is -2.36. The molecule has 1 aromatic heterocycles. The molecular formula is C31H34F8N4O4S. The zero-order valence-electron chi connectivity index (χ0n) is 25.3. The van der Waals surface area contributed by atoms with Crippen molar-refractivity contribution in [2.75, 3.05) is 68.5 Å². The van der Waals surface area contributed by atoms with E-state index in [9.17, 15) is 35.8 Å². The molecule has 3 aromatic rings. The highest BCUT2D eigenvalue weighted by Gasteiger charge is 2.33. The van der Waals surface area contributed by atoms with Gasteiger partial charge in [0.15, 0.2) is 6.61 Å². The van der Waals surface area contributed by atoms with E-state index >= 15 is 4.39 Å². The molecule has 2 heterocycles. The number of anilines is 3. The van der Waals surface area contributed by atoms with E-state index in [1.807, 2.05) is 0 Å². The van der Waals surface area contributed by atoms with Gasteiger partial charge in [-0.3, -0.25) is 4.90 Å². The molecule has 8 nitrogen and oxygen atoms in total. The van der Waals surface area contributed by atoms with Gasteiger partial charge in [0, 0.05) is 38.3 Å². The molecule has 264 valence electrons. The van der Waals surface area contributed by atoms with E-state index in [2.05, 4.69) is 27.8 Å². The fraction of sp³-hybridized carbons (Fsp3) is 0.484. The molecule has 1 fully saturated rings. The lowest BCUT2D eigenvalue weighted by Gasteiger charge is -2.36. The third-order valence-electron chi connectivity index (χ3n) is 7.30. The lowest BCUT2D eigenvalue weighted by Crippen LogP contribution is -2.50. The van der Waals surface area contributed by atoms with Gasteiger partial charge in [-0.2, -0.15) is 26.3 Å². The van der Waals surface area contributed by atoms with E-state index in [0.717, 1.165) is 23.5 Å². The van der Waals surface area contributed by atoms with Crippen LogP contribution in [0.1, 0.15) is 16.9 Å². The monoisotopic (exact) mass is 710 g/mol. The number of fused-ring (bicyclic) bond motifs is 1. The minimum Gasteiger partial charge on any atom is -0.482 e. The number of aliphatic hydroxyl groups excluding tert-OH is 3. The first kappa shape index (κ1) is 37.3. The van der Waals surface area contributed by atoms with Crippen molar-refractivity contribution in [1.29, 1.82) is 0 Å². The number of nitrogens with one attached hydrogen (secondary N) is 3. The number of thiophene rings is 1. The Bertz CT molecular complexity index is 1590. The lowest BCUT2D eigenvalue weighted by molar-refractivity contribution is -0.153. The normalized spacial score (nSPS) is 17.9. The minimum absolute atomic E-state index is 0.00699. The van der Waals surface area contributed by atoms with E-state index in [1.54, 1.807) is 17.0 Å². The average Bonchev–Trinajstić information content (AvgIpc) is 3.35. The number of likely N-dealkylation sites (tertiary alicyclic amines) is 1. The van der Waals surface area contributed by atoms with Gasteiger partial charge in [-0.05, 0) is 23.4 Å². The Morgan fingerprint density at radius 1 is 1.04 bits per heavy atom. The number of ether oxygens (including phenoxy) is 1. The predicted octanol–water partition coefficient (Wildman–Crippen LogP) is 5.13. The number of nitrogens with zero attached hydrogens (tertiary/aromatic N) is 1. The Hall–Kier alpha value is -3.56. The summed E-state index contributed by atoms with van der Waals surface area (Å²) in [7, 11) is 0. The molecule has 1 aliphatic rings. The molecule has 4 rings (SSSR count). The van der Waals surface area contributed by atoms with Crippen LogP contribution in [0.5, 0.6) is 5.75 Å². The molecule has 3 atom stereocenters. The van der Waals surface area contributed by atoms with Crippen LogP contribution in [0, 0.1) is 17.7 Å². The molecule has 48 heavy (non-hydrogen) atoms. The summed E-state index contributed by atoms with van der Waals surface area (Å²) < 4.78 is 114. The van der Waals surface area contributed by atoms with Crippen molar-refractivity contribution in [3.05, 3.63) is 46.6 Å². The Morgan fingerprint density at radius 3 is 2.48 bits per heavy atom. The van der Waals surface area contributed by atoms with E-state index in [1.165, 1.54) is 6.07 Å². The SMILES string of the molecule is OCCNc1cc(OCC(F)(F)F)c(NCC#Cc2sc3c(NC4CCN(CC(O)CO)CC4F)cccc3c2CC(F)(F)F)cc1F. The van der Waals surface area contributed by atoms with Crippen molar-refractivity contribution in [3.63, 3.8) is 0 Å². The second kappa shape index (κ2) is 16.2. The molecule has 17 heteroatoms. The molecule has 2 aromatic carbocycles. The number of β-amino-alcohol motifs (C(OH)–C–C–N with tert-alkyl or cyclic N) is 1. The van der Waals surface area contributed by atoms with Crippen LogP contribution in [-0.2, 0) is 6.42 Å². The van der Waals surface area contributed by atoms with Gasteiger partial charge in [0.25, 0.3) is 0 Å². The number of alkyl halides is 7. The summed E-state index contributed by atoms with van der Waals surface area (Å²) in [4.78, 5) is 1.76. The minimum atomic E-state index is -4.69. The van der Waals surface area contributed by atoms with Gasteiger partial charge in [-0.25, -0.2) is 8.78 Å². The number of piperidine rings is 1. The van der Waals surface area contributed by atoms with Crippen molar-refractivity contribution in [2.24, 2.45) is 0 Å². The summed E-state index contributed by atoms with van der Waals surface area (Å²) in [5.41, 5.74) is -0.0747. The Morgan fingerprint density at radius 2 is 1.81 bits per heavy atom. The van der Waals surface area contributed by atoms with Crippen LogP contribution in [0.3, 0.4) is 0 Å². The summed E-state index contributed by atoms with van der Waals surface area (Å²) in [5, 5.41) is 36.3. The fourth-order valence-electron chi connectivity index (χ4n) is 5.17. The van der Waals surface area contributed by atoms with Crippen molar-refractivity contribution in [3.8, 4) is 17.6 Å². The number of benzene rings is 2. The first-order chi connectivity index (χ1) is 22.7. The van der Waals surface area contributed by atoms with Crippen LogP contribution >= 0.6 is 11.3 Å². The molecular weight excluding hydrogens is 676 g/mol. The molecule has 0 radical (unpaired) electrons. The fourth-order valence-corrected chi connectivity index (χ4v) is 6.34. The highest BCUT2D eigenvalue weighted by molar-refractivity contribution is 7.20. The second-order valence-electron chi connectivity index (χ2n) is 11.1. The first-order valence-electron chi connectivity index (χ1n) is 14.8. The summed E-state index contributed by atoms with van der Waals surface area (Å²) in [6, 6.07) is 5.87. The van der Waals surface area contributed by atoms with Crippen LogP contribution in [0.25, 0.3) is 10.1 Å². The smallest absolute Gasteiger partial charge is 0.422 e. The highest BCUT2D eigenvalue weighted by atomic mass is 32.1. The third kappa shape index (κ3) is 10.5. The molecule has 0 bridgehead atoms. The number of hydrogen-bond acceptors (Lipinski definition) is 9. The highest BCUT2D eigenvalue weighted by Crippen LogP contribution is 2.40. The summed E-state index contributed by atoms with van der Waals surface area (Å²) >= 11 is 0.969. The quantitative estimate of drug-likeness (QED) is 0.107. The van der Waals surface area contributed by atoms with Gasteiger partial charge < -0.3 is 36.0 Å². The Labute approximate surface area is 274 Å². The van der Waals surface area contributed by atoms with E-state index in [4.69, 9.17) is 14.9 Å². The molecule has 0 aliphatic carbocycles. The molecule has 6 N–H and O–H groups in total. The van der Waals surface area contributed by atoms with E-state index in [-0.39, 0.29) is 65.7 Å². The van der Waals surface area contributed by atoms with Crippen LogP contribution < -0.4 is 20.7 Å². The van der Waals surface area contributed by atoms with Crippen LogP contribution in [-0.4, -0.2) is 103 Å². The van der Waals surface area contributed by atoms with Crippen molar-refractivity contribution in [1.82, 2.24) is 4.90 Å². The summed E-state index contributed by atoms with van der Waals surface area (Å²) in [5.74, 6) is 4.11. The first-order valence-corrected chi connectivity index (χ1v) is 15.6. The number of aliphatic hydroxyl groups is 3. The van der Waals surface area contributed by atoms with Crippen LogP contribution in [0.4, 0.5) is 52.2 Å². The van der Waals surface area contributed by atoms with Gasteiger partial charge >= 0.3 is 12.4 Å². The number of rotatable bonds is 13. The maximum atomic E-state index is 15.1. The largest absolute Gasteiger partial charge is 0.482 e. The van der Waals surface area contributed by atoms with Crippen molar-refractivity contribution in [2.45, 2.75) is 43.5 Å². The van der Waals surface area contributed by atoms with Gasteiger partial charge in [-0.1, -0.05) is 24.0 Å². The number of halogens is 8. The standard InChI is InChI=1S/C31H34F8N4O4S/c32-21-11-26(27(47-17-31(37,38)39)12-25(21)41-8-10-44)40-7-2-5-28-20(13-30(34,35)36)19-3-1-4-24(29(19)48-28)42-23-6-9-43(15-22(23)33)14-18(46)16-45/h1,3-4,11-12,18,22-23,40-42,44-46H,6-10,13-17H2.